The molecule has 0 radical (unpaired) electrons. The first-order valence-corrected chi connectivity index (χ1v) is 9.52. The molecule has 0 aliphatic carbocycles. The van der Waals surface area contributed by atoms with Crippen molar-refractivity contribution in [2.45, 2.75) is 28.5 Å². The Morgan fingerprint density at radius 1 is 1.50 bits per heavy atom. The van der Waals surface area contributed by atoms with E-state index >= 15 is 0 Å². The van der Waals surface area contributed by atoms with E-state index in [1.807, 2.05) is 12.1 Å². The van der Waals surface area contributed by atoms with Crippen molar-refractivity contribution in [3.05, 3.63) is 28.7 Å². The predicted octanol–water partition coefficient (Wildman–Crippen LogP) is 4.09. The van der Waals surface area contributed by atoms with E-state index in [1.54, 1.807) is 11.6 Å². The monoisotopic (exact) mass is 404 g/mol. The second-order valence-corrected chi connectivity index (χ2v) is 7.93. The van der Waals surface area contributed by atoms with Gasteiger partial charge >= 0.3 is 0 Å². The lowest BCUT2D eigenvalue weighted by atomic mass is 10.0. The molecular weight excluding hydrogens is 387 g/mol. The van der Waals surface area contributed by atoms with Crippen LogP contribution in [0.1, 0.15) is 19.3 Å². The standard InChI is InChI=1S/C15H17ClN4OS2.ClH/c16-12-7-11(2-3-13(12)23-15-20-18-9-22-15)19-14(21)4-1-10-5-6-17-8-10;/h2-3,7,9-10,17H,1,4-6,8H2,(H,19,21);1H. The fraction of sp³-hybridized carbons (Fsp3) is 0.400. The van der Waals surface area contributed by atoms with Gasteiger partial charge in [0.2, 0.25) is 5.91 Å². The largest absolute Gasteiger partial charge is 0.326 e. The van der Waals surface area contributed by atoms with Crippen LogP contribution in [0.5, 0.6) is 0 Å². The van der Waals surface area contributed by atoms with Gasteiger partial charge in [0, 0.05) is 17.0 Å². The first kappa shape index (κ1) is 19.5. The van der Waals surface area contributed by atoms with Gasteiger partial charge in [-0.1, -0.05) is 34.7 Å². The van der Waals surface area contributed by atoms with Crippen LogP contribution in [0.15, 0.2) is 32.9 Å². The maximum absolute atomic E-state index is 12.0. The number of halogens is 2. The molecule has 5 nitrogen and oxygen atoms in total. The van der Waals surface area contributed by atoms with Gasteiger partial charge in [-0.05, 0) is 50.0 Å². The summed E-state index contributed by atoms with van der Waals surface area (Å²) in [4.78, 5) is 12.9. The van der Waals surface area contributed by atoms with Crippen molar-refractivity contribution in [1.82, 2.24) is 15.5 Å². The number of amides is 1. The number of carbonyl (C=O) groups excluding carboxylic acids is 1. The number of anilines is 1. The SMILES string of the molecule is Cl.O=C(CCC1CCNC1)Nc1ccc(Sc2nncs2)c(Cl)c1. The molecule has 0 spiro atoms. The van der Waals surface area contributed by atoms with Gasteiger partial charge < -0.3 is 10.6 Å². The van der Waals surface area contributed by atoms with E-state index in [0.717, 1.165) is 40.9 Å². The summed E-state index contributed by atoms with van der Waals surface area (Å²) in [6, 6.07) is 5.54. The summed E-state index contributed by atoms with van der Waals surface area (Å²) in [6.45, 7) is 2.09. The van der Waals surface area contributed by atoms with E-state index in [1.165, 1.54) is 23.1 Å². The lowest BCUT2D eigenvalue weighted by Crippen LogP contribution is -2.15. The van der Waals surface area contributed by atoms with Gasteiger partial charge in [0.15, 0.2) is 4.34 Å². The van der Waals surface area contributed by atoms with Gasteiger partial charge in [-0.3, -0.25) is 4.79 Å². The van der Waals surface area contributed by atoms with Crippen LogP contribution in [0.4, 0.5) is 5.69 Å². The molecule has 9 heteroatoms. The molecule has 1 fully saturated rings. The fourth-order valence-electron chi connectivity index (χ4n) is 2.48. The molecule has 1 aromatic carbocycles. The van der Waals surface area contributed by atoms with Crippen molar-refractivity contribution in [1.29, 1.82) is 0 Å². The zero-order chi connectivity index (χ0) is 16.1. The Morgan fingerprint density at radius 2 is 2.38 bits per heavy atom. The zero-order valence-corrected chi connectivity index (χ0v) is 16.0. The first-order chi connectivity index (χ1) is 11.2. The second kappa shape index (κ2) is 9.58. The summed E-state index contributed by atoms with van der Waals surface area (Å²) in [6.07, 6.45) is 2.64. The van der Waals surface area contributed by atoms with Crippen LogP contribution in [0.2, 0.25) is 5.02 Å². The Kier molecular flexibility index (Phi) is 7.77. The number of carbonyl (C=O) groups is 1. The molecule has 3 rings (SSSR count). The third-order valence-corrected chi connectivity index (χ3v) is 5.97. The predicted molar refractivity (Wildman–Crippen MR) is 102 cm³/mol. The van der Waals surface area contributed by atoms with Crippen molar-refractivity contribution in [3.8, 4) is 0 Å². The van der Waals surface area contributed by atoms with Crippen LogP contribution in [-0.2, 0) is 4.79 Å². The molecule has 0 bridgehead atoms. The summed E-state index contributed by atoms with van der Waals surface area (Å²) in [5.41, 5.74) is 2.41. The highest BCUT2D eigenvalue weighted by Gasteiger charge is 2.16. The Hall–Kier alpha value is -0.860. The van der Waals surface area contributed by atoms with Crippen LogP contribution >= 0.6 is 47.1 Å². The Morgan fingerprint density at radius 3 is 3.04 bits per heavy atom. The highest BCUT2D eigenvalue weighted by atomic mass is 35.5. The number of benzene rings is 1. The smallest absolute Gasteiger partial charge is 0.224 e. The summed E-state index contributed by atoms with van der Waals surface area (Å²) in [5.74, 6) is 0.660. The van der Waals surface area contributed by atoms with E-state index in [2.05, 4.69) is 20.8 Å². The molecule has 1 atom stereocenters. The normalized spacial score (nSPS) is 16.6. The number of hydrogen-bond donors (Lipinski definition) is 2. The number of nitrogens with zero attached hydrogens (tertiary/aromatic N) is 2. The summed E-state index contributed by atoms with van der Waals surface area (Å²) < 4.78 is 0.842. The molecule has 1 unspecified atom stereocenters. The van der Waals surface area contributed by atoms with E-state index in [-0.39, 0.29) is 18.3 Å². The number of hydrogen-bond acceptors (Lipinski definition) is 6. The third kappa shape index (κ3) is 5.60. The third-order valence-electron chi connectivity index (χ3n) is 3.69. The van der Waals surface area contributed by atoms with E-state index in [9.17, 15) is 4.79 Å². The van der Waals surface area contributed by atoms with E-state index in [0.29, 0.717) is 17.4 Å². The molecule has 1 saturated heterocycles. The van der Waals surface area contributed by atoms with Gasteiger partial charge in [-0.15, -0.1) is 22.6 Å². The van der Waals surface area contributed by atoms with Crippen LogP contribution in [0.3, 0.4) is 0 Å². The van der Waals surface area contributed by atoms with Crippen LogP contribution in [-0.4, -0.2) is 29.2 Å². The molecule has 2 heterocycles. The second-order valence-electron chi connectivity index (χ2n) is 5.40. The topological polar surface area (TPSA) is 66.9 Å². The number of rotatable bonds is 6. The van der Waals surface area contributed by atoms with Gasteiger partial charge in [-0.2, -0.15) is 0 Å². The van der Waals surface area contributed by atoms with Crippen molar-refractivity contribution in [2.75, 3.05) is 18.4 Å². The summed E-state index contributed by atoms with van der Waals surface area (Å²) in [5, 5.41) is 14.6. The quantitative estimate of drug-likeness (QED) is 0.758. The minimum Gasteiger partial charge on any atom is -0.326 e. The van der Waals surface area contributed by atoms with Crippen LogP contribution in [0.25, 0.3) is 0 Å². The minimum atomic E-state index is 0. The highest BCUT2D eigenvalue weighted by molar-refractivity contribution is 8.01. The molecule has 0 saturated carbocycles. The minimum absolute atomic E-state index is 0. The molecule has 1 aromatic heterocycles. The average molecular weight is 405 g/mol. The van der Waals surface area contributed by atoms with Gasteiger partial charge in [0.05, 0.1) is 5.02 Å². The molecule has 1 amide bonds. The molecular formula is C15H18Cl2N4OS2. The Labute approximate surface area is 160 Å². The van der Waals surface area contributed by atoms with Crippen molar-refractivity contribution in [3.63, 3.8) is 0 Å². The van der Waals surface area contributed by atoms with E-state index in [4.69, 9.17) is 11.6 Å². The first-order valence-electron chi connectivity index (χ1n) is 7.45. The van der Waals surface area contributed by atoms with E-state index < -0.39 is 0 Å². The average Bonchev–Trinajstić information content (AvgIpc) is 3.21. The maximum Gasteiger partial charge on any atom is 0.224 e. The molecule has 130 valence electrons. The van der Waals surface area contributed by atoms with Crippen LogP contribution < -0.4 is 10.6 Å². The lowest BCUT2D eigenvalue weighted by Gasteiger charge is -2.10. The maximum atomic E-state index is 12.0. The molecule has 1 aliphatic rings. The number of aromatic nitrogens is 2. The lowest BCUT2D eigenvalue weighted by molar-refractivity contribution is -0.116. The van der Waals surface area contributed by atoms with Crippen molar-refractivity contribution < 1.29 is 4.79 Å². The molecule has 1 aliphatic heterocycles. The molecule has 24 heavy (non-hydrogen) atoms. The van der Waals surface area contributed by atoms with Gasteiger partial charge in [-0.25, -0.2) is 0 Å². The summed E-state index contributed by atoms with van der Waals surface area (Å²) in [7, 11) is 0. The van der Waals surface area contributed by atoms with Crippen molar-refractivity contribution in [2.24, 2.45) is 5.92 Å². The number of nitrogens with one attached hydrogen (secondary N) is 2. The Balaban J connectivity index is 0.00000208. The van der Waals surface area contributed by atoms with Crippen molar-refractivity contribution >= 4 is 58.7 Å². The Bertz CT molecular complexity index is 663. The highest BCUT2D eigenvalue weighted by Crippen LogP contribution is 2.35. The van der Waals surface area contributed by atoms with Gasteiger partial charge in [0.1, 0.15) is 5.51 Å². The fourth-order valence-corrected chi connectivity index (χ4v) is 4.22. The summed E-state index contributed by atoms with van der Waals surface area (Å²) >= 11 is 9.22. The molecule has 2 aromatic rings. The van der Waals surface area contributed by atoms with Crippen LogP contribution in [0, 0.1) is 5.92 Å². The zero-order valence-electron chi connectivity index (χ0n) is 12.8. The van der Waals surface area contributed by atoms with Gasteiger partial charge in [0.25, 0.3) is 0 Å². The molecule has 2 N–H and O–H groups in total.